The van der Waals surface area contributed by atoms with Crippen LogP contribution in [0.25, 0.3) is 0 Å². The van der Waals surface area contributed by atoms with Crippen molar-refractivity contribution in [3.05, 3.63) is 35.6 Å². The van der Waals surface area contributed by atoms with Gasteiger partial charge in [0.25, 0.3) is 0 Å². The van der Waals surface area contributed by atoms with Crippen molar-refractivity contribution in [2.45, 2.75) is 52.1 Å². The van der Waals surface area contributed by atoms with Crippen LogP contribution in [0.4, 0.5) is 9.18 Å². The minimum absolute atomic E-state index is 0.0483. The predicted octanol–water partition coefficient (Wildman–Crippen LogP) is 3.27. The minimum atomic E-state index is -0.175. The van der Waals surface area contributed by atoms with Crippen molar-refractivity contribution in [1.29, 1.82) is 0 Å². The van der Waals surface area contributed by atoms with E-state index in [2.05, 4.69) is 24.1 Å². The predicted molar refractivity (Wildman–Crippen MR) is 95.6 cm³/mol. The smallest absolute Gasteiger partial charge is 0.317 e. The van der Waals surface area contributed by atoms with Crippen molar-refractivity contribution >= 4 is 6.03 Å². The van der Waals surface area contributed by atoms with Gasteiger partial charge >= 0.3 is 6.03 Å². The lowest BCUT2D eigenvalue weighted by atomic mass is 10.1. The summed E-state index contributed by atoms with van der Waals surface area (Å²) in [6.45, 7) is 9.63. The van der Waals surface area contributed by atoms with E-state index in [-0.39, 0.29) is 11.8 Å². The third-order valence-electron chi connectivity index (χ3n) is 4.76. The average Bonchev–Trinajstić information content (AvgIpc) is 2.55. The molecule has 1 N–H and O–H groups in total. The van der Waals surface area contributed by atoms with Gasteiger partial charge in [0.15, 0.2) is 0 Å². The molecular weight excluding hydrogens is 305 g/mol. The Balaban J connectivity index is 1.74. The second kappa shape index (κ2) is 9.02. The SMILES string of the molecule is CCNC(=O)N1C[C@@H](C)N(CCCCc2ccc(F)cc2)[C@@H](C)C1. The monoisotopic (exact) mass is 335 g/mol. The van der Waals surface area contributed by atoms with Crippen LogP contribution in [-0.4, -0.2) is 54.1 Å². The lowest BCUT2D eigenvalue weighted by Crippen LogP contribution is -2.59. The summed E-state index contributed by atoms with van der Waals surface area (Å²) in [4.78, 5) is 16.4. The number of hydrogen-bond acceptors (Lipinski definition) is 2. The van der Waals surface area contributed by atoms with E-state index in [1.807, 2.05) is 24.0 Å². The fourth-order valence-electron chi connectivity index (χ4n) is 3.50. The summed E-state index contributed by atoms with van der Waals surface area (Å²) in [5.74, 6) is -0.175. The molecule has 0 radical (unpaired) electrons. The van der Waals surface area contributed by atoms with Crippen LogP contribution in [0.2, 0.25) is 0 Å². The van der Waals surface area contributed by atoms with Crippen molar-refractivity contribution in [3.8, 4) is 0 Å². The van der Waals surface area contributed by atoms with Crippen molar-refractivity contribution < 1.29 is 9.18 Å². The van der Waals surface area contributed by atoms with E-state index in [4.69, 9.17) is 0 Å². The molecule has 2 amide bonds. The van der Waals surface area contributed by atoms with Crippen molar-refractivity contribution in [3.63, 3.8) is 0 Å². The summed E-state index contributed by atoms with van der Waals surface area (Å²) in [6.07, 6.45) is 3.21. The first kappa shape index (κ1) is 18.7. The average molecular weight is 335 g/mol. The molecule has 1 saturated heterocycles. The third-order valence-corrected chi connectivity index (χ3v) is 4.76. The molecule has 2 rings (SSSR count). The summed E-state index contributed by atoms with van der Waals surface area (Å²) < 4.78 is 12.9. The molecule has 2 atom stereocenters. The summed E-state index contributed by atoms with van der Waals surface area (Å²) in [5.41, 5.74) is 1.19. The van der Waals surface area contributed by atoms with Gasteiger partial charge in [-0.3, -0.25) is 4.90 Å². The van der Waals surface area contributed by atoms with E-state index in [0.717, 1.165) is 38.9 Å². The highest BCUT2D eigenvalue weighted by Gasteiger charge is 2.31. The number of hydrogen-bond donors (Lipinski definition) is 1. The molecule has 5 heteroatoms. The van der Waals surface area contributed by atoms with Crippen molar-refractivity contribution in [2.75, 3.05) is 26.2 Å². The number of urea groups is 1. The number of aryl methyl sites for hydroxylation is 1. The molecule has 24 heavy (non-hydrogen) atoms. The highest BCUT2D eigenvalue weighted by Crippen LogP contribution is 2.17. The number of rotatable bonds is 6. The zero-order valence-electron chi connectivity index (χ0n) is 15.1. The van der Waals surface area contributed by atoms with Crippen molar-refractivity contribution in [1.82, 2.24) is 15.1 Å². The van der Waals surface area contributed by atoms with E-state index in [1.54, 1.807) is 0 Å². The molecule has 0 aromatic heterocycles. The van der Waals surface area contributed by atoms with E-state index in [9.17, 15) is 9.18 Å². The Morgan fingerprint density at radius 3 is 2.38 bits per heavy atom. The molecular formula is C19H30FN3O. The number of nitrogens with zero attached hydrogens (tertiary/aromatic N) is 2. The highest BCUT2D eigenvalue weighted by atomic mass is 19.1. The molecule has 1 aromatic carbocycles. The third kappa shape index (κ3) is 5.20. The van der Waals surface area contributed by atoms with Crippen LogP contribution >= 0.6 is 0 Å². The standard InChI is InChI=1S/C19H30FN3O/c1-4-21-19(24)22-13-15(2)23(16(3)14-22)12-6-5-7-17-8-10-18(20)11-9-17/h8-11,15-16H,4-7,12-14H2,1-3H3,(H,21,24)/t15-,16+. The van der Waals surface area contributed by atoms with Crippen LogP contribution < -0.4 is 5.32 Å². The van der Waals surface area contributed by atoms with Gasteiger partial charge in [-0.15, -0.1) is 0 Å². The topological polar surface area (TPSA) is 35.6 Å². The van der Waals surface area contributed by atoms with Gasteiger partial charge in [0.1, 0.15) is 5.82 Å². The zero-order valence-corrected chi connectivity index (χ0v) is 15.1. The fourth-order valence-corrected chi connectivity index (χ4v) is 3.50. The Hall–Kier alpha value is -1.62. The first-order chi connectivity index (χ1) is 11.5. The van der Waals surface area contributed by atoms with Crippen molar-refractivity contribution in [2.24, 2.45) is 0 Å². The van der Waals surface area contributed by atoms with Crippen LogP contribution in [0.3, 0.4) is 0 Å². The Morgan fingerprint density at radius 2 is 1.79 bits per heavy atom. The molecule has 1 aliphatic heterocycles. The molecule has 4 nitrogen and oxygen atoms in total. The summed E-state index contributed by atoms with van der Waals surface area (Å²) in [7, 11) is 0. The van der Waals surface area contributed by atoms with Gasteiger partial charge in [0, 0.05) is 31.7 Å². The first-order valence-electron chi connectivity index (χ1n) is 9.04. The molecule has 0 spiro atoms. The van der Waals surface area contributed by atoms with Gasteiger partial charge in [-0.25, -0.2) is 9.18 Å². The maximum Gasteiger partial charge on any atom is 0.317 e. The molecule has 0 aliphatic carbocycles. The van der Waals surface area contributed by atoms with Gasteiger partial charge < -0.3 is 10.2 Å². The largest absolute Gasteiger partial charge is 0.338 e. The number of nitrogens with one attached hydrogen (secondary N) is 1. The number of piperazine rings is 1. The van der Waals surface area contributed by atoms with Gasteiger partial charge in [-0.1, -0.05) is 12.1 Å². The van der Waals surface area contributed by atoms with Crippen LogP contribution in [0, 0.1) is 5.82 Å². The molecule has 0 saturated carbocycles. The number of halogens is 1. The molecule has 1 aliphatic rings. The van der Waals surface area contributed by atoms with Crippen LogP contribution in [0.5, 0.6) is 0 Å². The molecule has 0 bridgehead atoms. The van der Waals surface area contributed by atoms with Crippen LogP contribution in [0.1, 0.15) is 39.2 Å². The normalized spacial score (nSPS) is 21.8. The minimum Gasteiger partial charge on any atom is -0.338 e. The van der Waals surface area contributed by atoms with E-state index in [1.165, 1.54) is 17.7 Å². The lowest BCUT2D eigenvalue weighted by Gasteiger charge is -2.44. The molecule has 1 aromatic rings. The zero-order chi connectivity index (χ0) is 17.5. The number of benzene rings is 1. The van der Waals surface area contributed by atoms with Gasteiger partial charge in [-0.2, -0.15) is 0 Å². The van der Waals surface area contributed by atoms with Crippen LogP contribution in [-0.2, 0) is 6.42 Å². The maximum absolute atomic E-state index is 12.9. The summed E-state index contributed by atoms with van der Waals surface area (Å²) in [6, 6.07) is 7.59. The number of carbonyl (C=O) groups excluding carboxylic acids is 1. The Morgan fingerprint density at radius 1 is 1.17 bits per heavy atom. The lowest BCUT2D eigenvalue weighted by molar-refractivity contribution is 0.0543. The molecule has 134 valence electrons. The fraction of sp³-hybridized carbons (Fsp3) is 0.632. The molecule has 1 heterocycles. The van der Waals surface area contributed by atoms with Gasteiger partial charge in [0.2, 0.25) is 0 Å². The quantitative estimate of drug-likeness (QED) is 0.810. The second-order valence-electron chi connectivity index (χ2n) is 6.76. The highest BCUT2D eigenvalue weighted by molar-refractivity contribution is 5.74. The molecule has 0 unspecified atom stereocenters. The number of unbranched alkanes of at least 4 members (excludes halogenated alkanes) is 1. The Kier molecular flexibility index (Phi) is 7.03. The summed E-state index contributed by atoms with van der Waals surface area (Å²) >= 11 is 0. The van der Waals surface area contributed by atoms with Crippen LogP contribution in [0.15, 0.2) is 24.3 Å². The summed E-state index contributed by atoms with van der Waals surface area (Å²) in [5, 5.41) is 2.89. The first-order valence-corrected chi connectivity index (χ1v) is 9.04. The van der Waals surface area contributed by atoms with E-state index >= 15 is 0 Å². The van der Waals surface area contributed by atoms with Gasteiger partial charge in [-0.05, 0) is 64.3 Å². The second-order valence-corrected chi connectivity index (χ2v) is 6.76. The number of amides is 2. The maximum atomic E-state index is 12.9. The Labute approximate surface area is 145 Å². The number of carbonyl (C=O) groups is 1. The van der Waals surface area contributed by atoms with Gasteiger partial charge in [0.05, 0.1) is 0 Å². The Bertz CT molecular complexity index is 508. The van der Waals surface area contributed by atoms with E-state index < -0.39 is 0 Å². The van der Waals surface area contributed by atoms with E-state index in [0.29, 0.717) is 18.6 Å². The molecule has 1 fully saturated rings.